The van der Waals surface area contributed by atoms with Gasteiger partial charge in [-0.05, 0) is 19.2 Å². The molecule has 0 spiro atoms. The van der Waals surface area contributed by atoms with Gasteiger partial charge in [-0.3, -0.25) is 4.98 Å². The number of imidazole rings is 1. The van der Waals surface area contributed by atoms with E-state index >= 15 is 0 Å². The molecule has 0 saturated heterocycles. The van der Waals surface area contributed by atoms with Crippen LogP contribution >= 0.6 is 0 Å². The second-order valence-electron chi connectivity index (χ2n) is 3.71. The van der Waals surface area contributed by atoms with Crippen molar-refractivity contribution in [3.63, 3.8) is 0 Å². The molecule has 84 valence electrons. The minimum absolute atomic E-state index is 0.943. The van der Waals surface area contributed by atoms with Crippen LogP contribution in [0.5, 0.6) is 0 Å². The SMILES string of the molecule is CNCCc1ncc(-c2ccncc2)n1C. The Kier molecular flexibility index (Phi) is 3.31. The first-order valence-corrected chi connectivity index (χ1v) is 5.38. The molecule has 4 nitrogen and oxygen atoms in total. The highest BCUT2D eigenvalue weighted by atomic mass is 15.1. The summed E-state index contributed by atoms with van der Waals surface area (Å²) in [4.78, 5) is 8.45. The van der Waals surface area contributed by atoms with E-state index in [2.05, 4.69) is 19.9 Å². The molecule has 16 heavy (non-hydrogen) atoms. The Morgan fingerprint density at radius 3 is 2.75 bits per heavy atom. The standard InChI is InChI=1S/C12H16N4/c1-13-6-5-12-15-9-11(16(12)2)10-3-7-14-8-4-10/h3-4,7-9,13H,5-6H2,1-2H3. The quantitative estimate of drug-likeness (QED) is 0.836. The molecule has 2 aromatic rings. The highest BCUT2D eigenvalue weighted by Gasteiger charge is 2.07. The fraction of sp³-hybridized carbons (Fsp3) is 0.333. The molecule has 2 heterocycles. The lowest BCUT2D eigenvalue weighted by molar-refractivity contribution is 0.720. The van der Waals surface area contributed by atoms with Crippen molar-refractivity contribution in [3.05, 3.63) is 36.5 Å². The molecule has 0 fully saturated rings. The summed E-state index contributed by atoms with van der Waals surface area (Å²) in [6.45, 7) is 0.945. The molecule has 4 heteroatoms. The van der Waals surface area contributed by atoms with Crippen LogP contribution in [0.1, 0.15) is 5.82 Å². The minimum Gasteiger partial charge on any atom is -0.331 e. The normalized spacial score (nSPS) is 10.6. The van der Waals surface area contributed by atoms with Gasteiger partial charge in [0, 0.05) is 38.0 Å². The molecule has 0 aromatic carbocycles. The predicted octanol–water partition coefficient (Wildman–Crippen LogP) is 1.24. The number of pyridine rings is 1. The molecule has 0 atom stereocenters. The average Bonchev–Trinajstić information content (AvgIpc) is 2.69. The van der Waals surface area contributed by atoms with E-state index in [1.807, 2.05) is 32.4 Å². The largest absolute Gasteiger partial charge is 0.331 e. The predicted molar refractivity (Wildman–Crippen MR) is 64.1 cm³/mol. The summed E-state index contributed by atoms with van der Waals surface area (Å²) in [5.41, 5.74) is 2.29. The van der Waals surface area contributed by atoms with E-state index in [0.717, 1.165) is 30.0 Å². The zero-order valence-corrected chi connectivity index (χ0v) is 9.64. The van der Waals surface area contributed by atoms with E-state index in [1.54, 1.807) is 12.4 Å². The minimum atomic E-state index is 0.943. The van der Waals surface area contributed by atoms with Crippen LogP contribution in [0.3, 0.4) is 0 Å². The summed E-state index contributed by atoms with van der Waals surface area (Å²) in [5, 5.41) is 3.13. The average molecular weight is 216 g/mol. The van der Waals surface area contributed by atoms with Crippen molar-refractivity contribution in [3.8, 4) is 11.3 Å². The van der Waals surface area contributed by atoms with Crippen molar-refractivity contribution in [2.45, 2.75) is 6.42 Å². The third-order valence-corrected chi connectivity index (χ3v) is 2.66. The molecule has 1 N–H and O–H groups in total. The van der Waals surface area contributed by atoms with Gasteiger partial charge in [0.1, 0.15) is 5.82 Å². The third-order valence-electron chi connectivity index (χ3n) is 2.66. The number of aromatic nitrogens is 3. The topological polar surface area (TPSA) is 42.7 Å². The Labute approximate surface area is 95.4 Å². The molecule has 2 rings (SSSR count). The second kappa shape index (κ2) is 4.90. The number of nitrogens with one attached hydrogen (secondary N) is 1. The first kappa shape index (κ1) is 10.8. The Bertz CT molecular complexity index is 447. The van der Waals surface area contributed by atoms with Gasteiger partial charge >= 0.3 is 0 Å². The maximum atomic E-state index is 4.43. The molecule has 2 aromatic heterocycles. The molecule has 0 radical (unpaired) electrons. The fourth-order valence-electron chi connectivity index (χ4n) is 1.71. The molecular formula is C12H16N4. The smallest absolute Gasteiger partial charge is 0.110 e. The number of hydrogen-bond donors (Lipinski definition) is 1. The van der Waals surface area contributed by atoms with Crippen LogP contribution in [-0.4, -0.2) is 28.1 Å². The summed E-state index contributed by atoms with van der Waals surface area (Å²) in [5.74, 6) is 1.10. The number of rotatable bonds is 4. The lowest BCUT2D eigenvalue weighted by Crippen LogP contribution is -2.13. The van der Waals surface area contributed by atoms with Crippen LogP contribution in [0.4, 0.5) is 0 Å². The first-order chi connectivity index (χ1) is 7.83. The molecule has 0 amide bonds. The Balaban J connectivity index is 2.27. The lowest BCUT2D eigenvalue weighted by Gasteiger charge is -2.05. The van der Waals surface area contributed by atoms with Crippen molar-refractivity contribution >= 4 is 0 Å². The summed E-state index contributed by atoms with van der Waals surface area (Å²) >= 11 is 0. The van der Waals surface area contributed by atoms with Crippen molar-refractivity contribution in [1.82, 2.24) is 19.9 Å². The van der Waals surface area contributed by atoms with E-state index in [4.69, 9.17) is 0 Å². The number of likely N-dealkylation sites (N-methyl/N-ethyl adjacent to an activating group) is 1. The van der Waals surface area contributed by atoms with Gasteiger partial charge < -0.3 is 9.88 Å². The van der Waals surface area contributed by atoms with E-state index in [9.17, 15) is 0 Å². The van der Waals surface area contributed by atoms with Crippen molar-refractivity contribution in [2.75, 3.05) is 13.6 Å². The lowest BCUT2D eigenvalue weighted by atomic mass is 10.2. The molecule has 0 aliphatic heterocycles. The van der Waals surface area contributed by atoms with Crippen LogP contribution in [0.15, 0.2) is 30.7 Å². The van der Waals surface area contributed by atoms with Gasteiger partial charge in [-0.1, -0.05) is 0 Å². The van der Waals surface area contributed by atoms with Crippen LogP contribution < -0.4 is 5.32 Å². The second-order valence-corrected chi connectivity index (χ2v) is 3.71. The third kappa shape index (κ3) is 2.12. The summed E-state index contributed by atoms with van der Waals surface area (Å²) in [7, 11) is 4.00. The molecule has 0 aliphatic rings. The summed E-state index contributed by atoms with van der Waals surface area (Å²) in [6, 6.07) is 4.00. The maximum absolute atomic E-state index is 4.43. The van der Waals surface area contributed by atoms with Gasteiger partial charge in [0.15, 0.2) is 0 Å². The molecular weight excluding hydrogens is 200 g/mol. The van der Waals surface area contributed by atoms with Crippen LogP contribution in [0.25, 0.3) is 11.3 Å². The van der Waals surface area contributed by atoms with Gasteiger partial charge in [-0.25, -0.2) is 4.98 Å². The molecule has 0 unspecified atom stereocenters. The van der Waals surface area contributed by atoms with Gasteiger partial charge in [-0.2, -0.15) is 0 Å². The van der Waals surface area contributed by atoms with Gasteiger partial charge in [0.2, 0.25) is 0 Å². The highest BCUT2D eigenvalue weighted by Crippen LogP contribution is 2.18. The van der Waals surface area contributed by atoms with Gasteiger partial charge in [0.05, 0.1) is 11.9 Å². The zero-order chi connectivity index (χ0) is 11.4. The van der Waals surface area contributed by atoms with E-state index < -0.39 is 0 Å². The maximum Gasteiger partial charge on any atom is 0.110 e. The highest BCUT2D eigenvalue weighted by molar-refractivity contribution is 5.58. The molecule has 0 aliphatic carbocycles. The van der Waals surface area contributed by atoms with E-state index in [1.165, 1.54) is 0 Å². The first-order valence-electron chi connectivity index (χ1n) is 5.38. The van der Waals surface area contributed by atoms with E-state index in [0.29, 0.717) is 0 Å². The Hall–Kier alpha value is -1.68. The monoisotopic (exact) mass is 216 g/mol. The fourth-order valence-corrected chi connectivity index (χ4v) is 1.71. The van der Waals surface area contributed by atoms with Crippen LogP contribution in [-0.2, 0) is 13.5 Å². The van der Waals surface area contributed by atoms with Gasteiger partial charge in [0.25, 0.3) is 0 Å². The Morgan fingerprint density at radius 1 is 1.31 bits per heavy atom. The van der Waals surface area contributed by atoms with Crippen LogP contribution in [0.2, 0.25) is 0 Å². The van der Waals surface area contributed by atoms with Crippen molar-refractivity contribution < 1.29 is 0 Å². The molecule has 0 bridgehead atoms. The van der Waals surface area contributed by atoms with Gasteiger partial charge in [-0.15, -0.1) is 0 Å². The number of hydrogen-bond acceptors (Lipinski definition) is 3. The number of nitrogens with zero attached hydrogens (tertiary/aromatic N) is 3. The van der Waals surface area contributed by atoms with Crippen molar-refractivity contribution in [1.29, 1.82) is 0 Å². The summed E-state index contributed by atoms with van der Waals surface area (Å²) < 4.78 is 2.13. The Morgan fingerprint density at radius 2 is 2.06 bits per heavy atom. The van der Waals surface area contributed by atoms with Crippen LogP contribution in [0, 0.1) is 0 Å². The zero-order valence-electron chi connectivity index (χ0n) is 9.64. The molecule has 0 saturated carbocycles. The van der Waals surface area contributed by atoms with Crippen molar-refractivity contribution in [2.24, 2.45) is 7.05 Å². The van der Waals surface area contributed by atoms with E-state index in [-0.39, 0.29) is 0 Å². The summed E-state index contributed by atoms with van der Waals surface area (Å²) in [6.07, 6.45) is 6.46.